The van der Waals surface area contributed by atoms with Gasteiger partial charge in [0, 0.05) is 11.6 Å². The third-order valence-electron chi connectivity index (χ3n) is 3.43. The first-order valence-corrected chi connectivity index (χ1v) is 7.65. The van der Waals surface area contributed by atoms with Crippen molar-refractivity contribution in [2.75, 3.05) is 0 Å². The van der Waals surface area contributed by atoms with Crippen molar-refractivity contribution in [1.29, 1.82) is 0 Å². The molecule has 0 radical (unpaired) electrons. The Morgan fingerprint density at radius 2 is 1.83 bits per heavy atom. The van der Waals surface area contributed by atoms with E-state index in [-0.39, 0.29) is 11.9 Å². The summed E-state index contributed by atoms with van der Waals surface area (Å²) in [6.07, 6.45) is 6.59. The smallest absolute Gasteiger partial charge is 0.265 e. The molecule has 1 unspecified atom stereocenters. The summed E-state index contributed by atoms with van der Waals surface area (Å²) in [4.78, 5) is 12.1. The molecule has 0 heterocycles. The highest BCUT2D eigenvalue weighted by molar-refractivity contribution is 5.93. The van der Waals surface area contributed by atoms with Gasteiger partial charge in [-0.25, -0.2) is 5.43 Å². The van der Waals surface area contributed by atoms with E-state index >= 15 is 0 Å². The molecule has 0 aromatic heterocycles. The predicted molar refractivity (Wildman–Crippen MR) is 95.9 cm³/mol. The number of carbonyl (C=O) groups is 1. The molecule has 1 amide bonds. The molecule has 23 heavy (non-hydrogen) atoms. The first kappa shape index (κ1) is 16.7. The van der Waals surface area contributed by atoms with Gasteiger partial charge >= 0.3 is 0 Å². The number of hydrazine groups is 1. The van der Waals surface area contributed by atoms with Crippen LogP contribution in [0, 0.1) is 6.92 Å². The predicted octanol–water partition coefficient (Wildman–Crippen LogP) is 3.89. The Kier molecular flexibility index (Phi) is 6.33. The van der Waals surface area contributed by atoms with Crippen molar-refractivity contribution in [3.8, 4) is 0 Å². The second kappa shape index (κ2) is 8.71. The van der Waals surface area contributed by atoms with E-state index < -0.39 is 0 Å². The monoisotopic (exact) mass is 306 g/mol. The van der Waals surface area contributed by atoms with Crippen molar-refractivity contribution in [2.45, 2.75) is 19.4 Å². The molecular weight excluding hydrogens is 284 g/mol. The fourth-order valence-electron chi connectivity index (χ4n) is 2.09. The number of amides is 1. The lowest BCUT2D eigenvalue weighted by molar-refractivity contribution is 0.0929. The summed E-state index contributed by atoms with van der Waals surface area (Å²) < 4.78 is 0. The highest BCUT2D eigenvalue weighted by atomic mass is 16.2. The number of rotatable bonds is 7. The van der Waals surface area contributed by atoms with Crippen LogP contribution in [0.25, 0.3) is 6.08 Å². The molecule has 2 rings (SSSR count). The van der Waals surface area contributed by atoms with Gasteiger partial charge < -0.3 is 0 Å². The average molecular weight is 306 g/mol. The molecule has 0 aliphatic rings. The average Bonchev–Trinajstić information content (AvgIpc) is 2.58. The number of carbonyl (C=O) groups excluding carboxylic acids is 1. The Bertz CT molecular complexity index is 660. The summed E-state index contributed by atoms with van der Waals surface area (Å²) in [5.74, 6) is -0.146. The minimum atomic E-state index is -0.146. The zero-order valence-corrected chi connectivity index (χ0v) is 13.3. The molecule has 2 aromatic carbocycles. The minimum absolute atomic E-state index is 0.0119. The lowest BCUT2D eigenvalue weighted by atomic mass is 10.1. The Morgan fingerprint density at radius 1 is 1.13 bits per heavy atom. The second-order valence-corrected chi connectivity index (χ2v) is 5.37. The van der Waals surface area contributed by atoms with Crippen LogP contribution < -0.4 is 10.9 Å². The lowest BCUT2D eigenvalue weighted by Crippen LogP contribution is -2.43. The topological polar surface area (TPSA) is 41.1 Å². The van der Waals surface area contributed by atoms with Crippen LogP contribution in [0.15, 0.2) is 73.3 Å². The van der Waals surface area contributed by atoms with Gasteiger partial charge in [-0.3, -0.25) is 10.2 Å². The van der Waals surface area contributed by atoms with Crippen LogP contribution in [0.2, 0.25) is 0 Å². The maximum Gasteiger partial charge on any atom is 0.265 e. The van der Waals surface area contributed by atoms with Crippen molar-refractivity contribution in [1.82, 2.24) is 10.9 Å². The van der Waals surface area contributed by atoms with E-state index in [0.717, 1.165) is 17.5 Å². The molecule has 1 atom stereocenters. The summed E-state index contributed by atoms with van der Waals surface area (Å²) in [6, 6.07) is 17.5. The van der Waals surface area contributed by atoms with Gasteiger partial charge in [0.05, 0.1) is 0 Å². The summed E-state index contributed by atoms with van der Waals surface area (Å²) in [5, 5.41) is 0. The third-order valence-corrected chi connectivity index (χ3v) is 3.43. The van der Waals surface area contributed by atoms with E-state index in [1.54, 1.807) is 0 Å². The summed E-state index contributed by atoms with van der Waals surface area (Å²) in [5.41, 5.74) is 8.68. The van der Waals surface area contributed by atoms with E-state index in [1.165, 1.54) is 0 Å². The molecule has 2 aromatic rings. The molecule has 0 fully saturated rings. The van der Waals surface area contributed by atoms with Gasteiger partial charge in [-0.2, -0.15) is 0 Å². The minimum Gasteiger partial charge on any atom is -0.287 e. The number of nitrogens with one attached hydrogen (secondary N) is 2. The van der Waals surface area contributed by atoms with E-state index in [1.807, 2.05) is 79.7 Å². The molecule has 0 spiro atoms. The Morgan fingerprint density at radius 3 is 2.48 bits per heavy atom. The van der Waals surface area contributed by atoms with Crippen molar-refractivity contribution in [3.63, 3.8) is 0 Å². The van der Waals surface area contributed by atoms with E-state index in [9.17, 15) is 4.79 Å². The molecular formula is C20H22N2O. The summed E-state index contributed by atoms with van der Waals surface area (Å²) in [7, 11) is 0. The Labute approximate surface area is 137 Å². The quantitative estimate of drug-likeness (QED) is 0.602. The maximum absolute atomic E-state index is 12.1. The third kappa shape index (κ3) is 5.57. The first-order valence-electron chi connectivity index (χ1n) is 7.65. The molecule has 3 heteroatoms. The normalized spacial score (nSPS) is 12.0. The fraction of sp³-hybridized carbons (Fsp3) is 0.150. The molecule has 0 aliphatic carbocycles. The number of aryl methyl sites for hydroxylation is 1. The van der Waals surface area contributed by atoms with Crippen LogP contribution in [0.5, 0.6) is 0 Å². The van der Waals surface area contributed by atoms with Crippen LogP contribution in [-0.2, 0) is 0 Å². The molecule has 0 saturated carbocycles. The van der Waals surface area contributed by atoms with Gasteiger partial charge in [-0.05, 0) is 31.0 Å². The van der Waals surface area contributed by atoms with Crippen LogP contribution in [-0.4, -0.2) is 11.9 Å². The summed E-state index contributed by atoms with van der Waals surface area (Å²) in [6.45, 7) is 5.76. The standard InChI is InChI=1S/C20H22N2O/c1-3-7-19(15-12-17-8-5-4-6-9-17)21-22-20(23)18-13-10-16(2)11-14-18/h3-6,8-15,19,21H,1,7H2,2H3,(H,22,23)/b15-12+. The number of hydrogen-bond donors (Lipinski definition) is 2. The molecule has 0 bridgehead atoms. The molecule has 0 aliphatic heterocycles. The van der Waals surface area contributed by atoms with Crippen molar-refractivity contribution in [3.05, 3.63) is 90.0 Å². The van der Waals surface area contributed by atoms with Gasteiger partial charge in [0.1, 0.15) is 0 Å². The largest absolute Gasteiger partial charge is 0.287 e. The lowest BCUT2D eigenvalue weighted by Gasteiger charge is -2.14. The van der Waals surface area contributed by atoms with E-state index in [4.69, 9.17) is 0 Å². The molecule has 3 nitrogen and oxygen atoms in total. The number of benzene rings is 2. The van der Waals surface area contributed by atoms with Crippen LogP contribution in [0.1, 0.15) is 27.9 Å². The van der Waals surface area contributed by atoms with Crippen molar-refractivity contribution < 1.29 is 4.79 Å². The Balaban J connectivity index is 1.94. The fourth-order valence-corrected chi connectivity index (χ4v) is 2.09. The van der Waals surface area contributed by atoms with E-state index in [0.29, 0.717) is 5.56 Å². The number of hydrogen-bond acceptors (Lipinski definition) is 2. The first-order chi connectivity index (χ1) is 11.2. The summed E-state index contributed by atoms with van der Waals surface area (Å²) >= 11 is 0. The van der Waals surface area contributed by atoms with Crippen LogP contribution in [0.3, 0.4) is 0 Å². The Hall–Kier alpha value is -2.65. The highest BCUT2D eigenvalue weighted by Crippen LogP contribution is 2.05. The van der Waals surface area contributed by atoms with Gasteiger partial charge in [0.15, 0.2) is 0 Å². The van der Waals surface area contributed by atoms with Crippen LogP contribution in [0.4, 0.5) is 0 Å². The second-order valence-electron chi connectivity index (χ2n) is 5.37. The molecule has 118 valence electrons. The van der Waals surface area contributed by atoms with Crippen molar-refractivity contribution >= 4 is 12.0 Å². The van der Waals surface area contributed by atoms with Gasteiger partial charge in [-0.15, -0.1) is 6.58 Å². The zero-order valence-electron chi connectivity index (χ0n) is 13.3. The van der Waals surface area contributed by atoms with Gasteiger partial charge in [0.2, 0.25) is 0 Å². The van der Waals surface area contributed by atoms with Gasteiger partial charge in [0.25, 0.3) is 5.91 Å². The maximum atomic E-state index is 12.1. The highest BCUT2D eigenvalue weighted by Gasteiger charge is 2.07. The van der Waals surface area contributed by atoms with E-state index in [2.05, 4.69) is 17.4 Å². The van der Waals surface area contributed by atoms with Crippen LogP contribution >= 0.6 is 0 Å². The van der Waals surface area contributed by atoms with Crippen molar-refractivity contribution in [2.24, 2.45) is 0 Å². The van der Waals surface area contributed by atoms with Gasteiger partial charge in [-0.1, -0.05) is 66.3 Å². The molecule has 0 saturated heterocycles. The zero-order chi connectivity index (χ0) is 16.5. The SMILES string of the molecule is C=CCC(/C=C/c1ccccc1)NNC(=O)c1ccc(C)cc1. The molecule has 2 N–H and O–H groups in total.